The van der Waals surface area contributed by atoms with Gasteiger partial charge in [-0.3, -0.25) is 0 Å². The van der Waals surface area contributed by atoms with Gasteiger partial charge in [0.15, 0.2) is 0 Å². The Morgan fingerprint density at radius 3 is 2.75 bits per heavy atom. The minimum atomic E-state index is -0.0110. The fourth-order valence-corrected chi connectivity index (χ4v) is 2.25. The highest BCUT2D eigenvalue weighted by Gasteiger charge is 2.23. The van der Waals surface area contributed by atoms with Crippen molar-refractivity contribution >= 4 is 0 Å². The summed E-state index contributed by atoms with van der Waals surface area (Å²) in [4.78, 5) is 8.66. The van der Waals surface area contributed by atoms with E-state index in [0.29, 0.717) is 17.7 Å². The first-order valence-electron chi connectivity index (χ1n) is 5.79. The number of ether oxygens (including phenoxy) is 1. The SMILES string of the molecule is CO[C@H]1CC[C@H](c2nccc(CO)n2)CC1. The van der Waals surface area contributed by atoms with Gasteiger partial charge in [0.25, 0.3) is 0 Å². The predicted octanol–water partition coefficient (Wildman–Crippen LogP) is 1.64. The lowest BCUT2D eigenvalue weighted by Gasteiger charge is -2.26. The summed E-state index contributed by atoms with van der Waals surface area (Å²) in [7, 11) is 1.77. The number of rotatable bonds is 3. The van der Waals surface area contributed by atoms with Gasteiger partial charge in [0.05, 0.1) is 18.4 Å². The molecule has 88 valence electrons. The molecular weight excluding hydrogens is 204 g/mol. The number of aromatic nitrogens is 2. The molecule has 2 rings (SSSR count). The lowest BCUT2D eigenvalue weighted by atomic mass is 9.87. The summed E-state index contributed by atoms with van der Waals surface area (Å²) in [6.45, 7) is -0.0110. The van der Waals surface area contributed by atoms with Crippen molar-refractivity contribution in [1.82, 2.24) is 9.97 Å². The maximum Gasteiger partial charge on any atom is 0.131 e. The highest BCUT2D eigenvalue weighted by Crippen LogP contribution is 2.31. The van der Waals surface area contributed by atoms with Crippen LogP contribution in [0.15, 0.2) is 12.3 Å². The van der Waals surface area contributed by atoms with Crippen molar-refractivity contribution in [3.8, 4) is 0 Å². The van der Waals surface area contributed by atoms with Gasteiger partial charge in [0, 0.05) is 19.2 Å². The number of nitrogens with zero attached hydrogens (tertiary/aromatic N) is 2. The number of hydrogen-bond donors (Lipinski definition) is 1. The molecule has 1 heterocycles. The molecule has 0 atom stereocenters. The van der Waals surface area contributed by atoms with Crippen LogP contribution >= 0.6 is 0 Å². The number of hydrogen-bond acceptors (Lipinski definition) is 4. The van der Waals surface area contributed by atoms with Gasteiger partial charge in [-0.05, 0) is 31.7 Å². The molecular formula is C12H18N2O2. The van der Waals surface area contributed by atoms with E-state index in [1.165, 1.54) is 0 Å². The predicted molar refractivity (Wildman–Crippen MR) is 60.0 cm³/mol. The molecule has 0 spiro atoms. The Kier molecular flexibility index (Phi) is 3.85. The van der Waals surface area contributed by atoms with E-state index < -0.39 is 0 Å². The minimum Gasteiger partial charge on any atom is -0.390 e. The van der Waals surface area contributed by atoms with Crippen LogP contribution < -0.4 is 0 Å². The smallest absolute Gasteiger partial charge is 0.131 e. The number of methoxy groups -OCH3 is 1. The van der Waals surface area contributed by atoms with Gasteiger partial charge in [-0.15, -0.1) is 0 Å². The van der Waals surface area contributed by atoms with Gasteiger partial charge in [-0.1, -0.05) is 0 Å². The number of aliphatic hydroxyl groups excluding tert-OH is 1. The Hall–Kier alpha value is -1.00. The first-order valence-corrected chi connectivity index (χ1v) is 5.79. The zero-order chi connectivity index (χ0) is 11.4. The van der Waals surface area contributed by atoms with Crippen LogP contribution in [0.2, 0.25) is 0 Å². The Morgan fingerprint density at radius 1 is 1.38 bits per heavy atom. The topological polar surface area (TPSA) is 55.2 Å². The second-order valence-electron chi connectivity index (χ2n) is 4.27. The van der Waals surface area contributed by atoms with E-state index in [1.54, 1.807) is 19.4 Å². The maximum atomic E-state index is 9.03. The Labute approximate surface area is 95.7 Å². The number of aliphatic hydroxyl groups is 1. The van der Waals surface area contributed by atoms with Gasteiger partial charge < -0.3 is 9.84 Å². The van der Waals surface area contributed by atoms with E-state index in [0.717, 1.165) is 31.5 Å². The van der Waals surface area contributed by atoms with E-state index in [1.807, 2.05) is 0 Å². The van der Waals surface area contributed by atoms with E-state index >= 15 is 0 Å². The molecule has 4 heteroatoms. The summed E-state index contributed by atoms with van der Waals surface area (Å²) in [6, 6.07) is 1.75. The Morgan fingerprint density at radius 2 is 2.12 bits per heavy atom. The van der Waals surface area contributed by atoms with Crippen molar-refractivity contribution in [3.05, 3.63) is 23.8 Å². The summed E-state index contributed by atoms with van der Waals surface area (Å²) in [5.74, 6) is 1.30. The average Bonchev–Trinajstić information content (AvgIpc) is 2.39. The summed E-state index contributed by atoms with van der Waals surface area (Å²) in [5.41, 5.74) is 0.707. The molecule has 0 saturated heterocycles. The molecule has 0 amide bonds. The molecule has 1 saturated carbocycles. The molecule has 4 nitrogen and oxygen atoms in total. The molecule has 16 heavy (non-hydrogen) atoms. The Balaban J connectivity index is 2.02. The van der Waals surface area contributed by atoms with Gasteiger partial charge in [0.1, 0.15) is 5.82 Å². The van der Waals surface area contributed by atoms with Crippen molar-refractivity contribution in [3.63, 3.8) is 0 Å². The Bertz CT molecular complexity index is 336. The van der Waals surface area contributed by atoms with Crippen LogP contribution in [0.3, 0.4) is 0 Å². The fourth-order valence-electron chi connectivity index (χ4n) is 2.25. The molecule has 1 fully saturated rings. The van der Waals surface area contributed by atoms with Crippen molar-refractivity contribution in [2.24, 2.45) is 0 Å². The van der Waals surface area contributed by atoms with E-state index in [2.05, 4.69) is 9.97 Å². The van der Waals surface area contributed by atoms with Crippen LogP contribution in [0.25, 0.3) is 0 Å². The zero-order valence-electron chi connectivity index (χ0n) is 9.59. The van der Waals surface area contributed by atoms with Crippen LogP contribution in [0.4, 0.5) is 0 Å². The van der Waals surface area contributed by atoms with Gasteiger partial charge in [0.2, 0.25) is 0 Å². The summed E-state index contributed by atoms with van der Waals surface area (Å²) >= 11 is 0. The summed E-state index contributed by atoms with van der Waals surface area (Å²) in [6.07, 6.45) is 6.44. The lowest BCUT2D eigenvalue weighted by Crippen LogP contribution is -2.20. The van der Waals surface area contributed by atoms with Gasteiger partial charge in [-0.25, -0.2) is 9.97 Å². The molecule has 1 aliphatic rings. The van der Waals surface area contributed by atoms with Gasteiger partial charge >= 0.3 is 0 Å². The molecule has 1 N–H and O–H groups in total. The largest absolute Gasteiger partial charge is 0.390 e. The third-order valence-electron chi connectivity index (χ3n) is 3.27. The second-order valence-corrected chi connectivity index (χ2v) is 4.27. The summed E-state index contributed by atoms with van der Waals surface area (Å²) in [5, 5.41) is 9.03. The van der Waals surface area contributed by atoms with E-state index in [9.17, 15) is 0 Å². The first-order chi connectivity index (χ1) is 7.83. The third kappa shape index (κ3) is 2.57. The van der Waals surface area contributed by atoms with Crippen LogP contribution in [-0.2, 0) is 11.3 Å². The monoisotopic (exact) mass is 222 g/mol. The van der Waals surface area contributed by atoms with E-state index in [4.69, 9.17) is 9.84 Å². The molecule has 1 aliphatic carbocycles. The zero-order valence-corrected chi connectivity index (χ0v) is 9.59. The standard InChI is InChI=1S/C12H18N2O2/c1-16-11-4-2-9(3-5-11)12-13-7-6-10(8-15)14-12/h6-7,9,11,15H,2-5,8H2,1H3/t9-,11-. The highest BCUT2D eigenvalue weighted by atomic mass is 16.5. The fraction of sp³-hybridized carbons (Fsp3) is 0.667. The van der Waals surface area contributed by atoms with Crippen molar-refractivity contribution in [1.29, 1.82) is 0 Å². The average molecular weight is 222 g/mol. The third-order valence-corrected chi connectivity index (χ3v) is 3.27. The molecule has 0 unspecified atom stereocenters. The van der Waals surface area contributed by atoms with Crippen molar-refractivity contribution in [2.45, 2.75) is 44.3 Å². The molecule has 0 aromatic carbocycles. The quantitative estimate of drug-likeness (QED) is 0.844. The normalized spacial score (nSPS) is 25.6. The molecule has 1 aromatic rings. The molecule has 0 aliphatic heterocycles. The van der Waals surface area contributed by atoms with E-state index in [-0.39, 0.29) is 6.61 Å². The highest BCUT2D eigenvalue weighted by molar-refractivity contribution is 5.05. The van der Waals surface area contributed by atoms with Crippen molar-refractivity contribution < 1.29 is 9.84 Å². The lowest BCUT2D eigenvalue weighted by molar-refractivity contribution is 0.0650. The molecule has 1 aromatic heterocycles. The van der Waals surface area contributed by atoms with Crippen LogP contribution in [0.5, 0.6) is 0 Å². The molecule has 0 bridgehead atoms. The minimum absolute atomic E-state index is 0.0110. The van der Waals surface area contributed by atoms with Crippen molar-refractivity contribution in [2.75, 3.05) is 7.11 Å². The van der Waals surface area contributed by atoms with Crippen LogP contribution in [-0.4, -0.2) is 28.3 Å². The van der Waals surface area contributed by atoms with Gasteiger partial charge in [-0.2, -0.15) is 0 Å². The summed E-state index contributed by atoms with van der Waals surface area (Å²) < 4.78 is 5.34. The maximum absolute atomic E-state index is 9.03. The van der Waals surface area contributed by atoms with Crippen LogP contribution in [0, 0.1) is 0 Å². The second kappa shape index (κ2) is 5.37. The molecule has 0 radical (unpaired) electrons. The first kappa shape index (κ1) is 11.5. The van der Waals surface area contributed by atoms with Crippen LogP contribution in [0.1, 0.15) is 43.1 Å².